The van der Waals surface area contributed by atoms with Gasteiger partial charge in [0.25, 0.3) is 5.69 Å². The first-order valence-corrected chi connectivity index (χ1v) is 5.82. The van der Waals surface area contributed by atoms with E-state index in [0.29, 0.717) is 18.7 Å². The molecule has 18 heavy (non-hydrogen) atoms. The lowest BCUT2D eigenvalue weighted by molar-refractivity contribution is -0.384. The second kappa shape index (κ2) is 4.81. The zero-order valence-corrected chi connectivity index (χ0v) is 10.1. The molecule has 1 atom stereocenters. The zero-order chi connectivity index (χ0) is 13.3. The second-order valence-electron chi connectivity index (χ2n) is 4.08. The van der Waals surface area contributed by atoms with E-state index in [1.165, 1.54) is 18.2 Å². The highest BCUT2D eigenvalue weighted by molar-refractivity contribution is 6.32. The van der Waals surface area contributed by atoms with Crippen molar-refractivity contribution in [2.24, 2.45) is 0 Å². The number of aliphatic carboxylic acids is 1. The molecule has 1 aliphatic heterocycles. The molecule has 1 N–H and O–H groups in total. The number of benzene rings is 1. The van der Waals surface area contributed by atoms with Gasteiger partial charge in [0, 0.05) is 18.3 Å². The summed E-state index contributed by atoms with van der Waals surface area (Å²) in [7, 11) is 0. The van der Waals surface area contributed by atoms with Crippen molar-refractivity contribution in [1.82, 2.24) is 0 Å². The van der Waals surface area contributed by atoms with Crippen LogP contribution < -0.4 is 4.90 Å². The van der Waals surface area contributed by atoms with Gasteiger partial charge in [0.15, 0.2) is 0 Å². The van der Waals surface area contributed by atoms with Crippen molar-refractivity contribution in [2.75, 3.05) is 11.4 Å². The molecule has 1 aliphatic rings. The van der Waals surface area contributed by atoms with Crippen LogP contribution in [0.4, 0.5) is 11.4 Å². The van der Waals surface area contributed by atoms with Crippen LogP contribution >= 0.6 is 11.6 Å². The average Bonchev–Trinajstić information content (AvgIpc) is 2.77. The molecular formula is C11H11ClN2O4. The van der Waals surface area contributed by atoms with E-state index in [2.05, 4.69) is 0 Å². The highest BCUT2D eigenvalue weighted by Gasteiger charge is 2.31. The van der Waals surface area contributed by atoms with Crippen molar-refractivity contribution in [2.45, 2.75) is 18.9 Å². The lowest BCUT2D eigenvalue weighted by Gasteiger charge is -2.23. The van der Waals surface area contributed by atoms with E-state index in [0.717, 1.165) is 6.42 Å². The van der Waals surface area contributed by atoms with Gasteiger partial charge in [-0.15, -0.1) is 0 Å². The fourth-order valence-corrected chi connectivity index (χ4v) is 2.40. The number of carboxylic acids is 1. The Morgan fingerprint density at radius 3 is 2.83 bits per heavy atom. The number of halogens is 1. The largest absolute Gasteiger partial charge is 0.480 e. The Hall–Kier alpha value is -1.82. The zero-order valence-electron chi connectivity index (χ0n) is 9.38. The molecular weight excluding hydrogens is 260 g/mol. The third-order valence-electron chi connectivity index (χ3n) is 3.00. The van der Waals surface area contributed by atoms with Gasteiger partial charge in [-0.25, -0.2) is 4.79 Å². The molecule has 0 aliphatic carbocycles. The van der Waals surface area contributed by atoms with Gasteiger partial charge in [-0.05, 0) is 25.0 Å². The van der Waals surface area contributed by atoms with Gasteiger partial charge in [-0.3, -0.25) is 10.1 Å². The van der Waals surface area contributed by atoms with E-state index < -0.39 is 16.9 Å². The molecule has 1 aromatic carbocycles. The fraction of sp³-hybridized carbons (Fsp3) is 0.364. The third-order valence-corrected chi connectivity index (χ3v) is 3.30. The van der Waals surface area contributed by atoms with Crippen molar-refractivity contribution in [1.29, 1.82) is 0 Å². The van der Waals surface area contributed by atoms with Gasteiger partial charge in [-0.2, -0.15) is 0 Å². The first kappa shape index (κ1) is 12.6. The van der Waals surface area contributed by atoms with Crippen molar-refractivity contribution < 1.29 is 14.8 Å². The smallest absolute Gasteiger partial charge is 0.326 e. The first-order chi connectivity index (χ1) is 8.50. The van der Waals surface area contributed by atoms with Gasteiger partial charge in [0.1, 0.15) is 11.1 Å². The quantitative estimate of drug-likeness (QED) is 0.673. The van der Waals surface area contributed by atoms with Crippen LogP contribution in [0.5, 0.6) is 0 Å². The lowest BCUT2D eigenvalue weighted by Crippen LogP contribution is -2.35. The maximum absolute atomic E-state index is 11.1. The van der Waals surface area contributed by atoms with Crippen LogP contribution in [0.1, 0.15) is 12.8 Å². The van der Waals surface area contributed by atoms with Gasteiger partial charge < -0.3 is 10.0 Å². The van der Waals surface area contributed by atoms with Crippen LogP contribution in [0.15, 0.2) is 18.2 Å². The summed E-state index contributed by atoms with van der Waals surface area (Å²) >= 11 is 5.81. The van der Waals surface area contributed by atoms with Gasteiger partial charge in [0.05, 0.1) is 4.92 Å². The van der Waals surface area contributed by atoms with Crippen molar-refractivity contribution >= 4 is 28.9 Å². The minimum atomic E-state index is -0.887. The number of anilines is 1. The molecule has 0 saturated carbocycles. The maximum Gasteiger partial charge on any atom is 0.326 e. The summed E-state index contributed by atoms with van der Waals surface area (Å²) in [5, 5.41) is 19.7. The van der Waals surface area contributed by atoms with Crippen molar-refractivity contribution in [3.8, 4) is 0 Å². The number of nitrogens with zero attached hydrogens (tertiary/aromatic N) is 2. The van der Waals surface area contributed by atoms with E-state index in [4.69, 9.17) is 16.7 Å². The Morgan fingerprint density at radius 1 is 1.56 bits per heavy atom. The molecule has 1 aromatic rings. The minimum Gasteiger partial charge on any atom is -0.480 e. The monoisotopic (exact) mass is 270 g/mol. The summed E-state index contributed by atoms with van der Waals surface area (Å²) in [4.78, 5) is 22.8. The molecule has 0 spiro atoms. The Balaban J connectivity index is 2.32. The Kier molecular flexibility index (Phi) is 3.38. The van der Waals surface area contributed by atoms with Crippen LogP contribution in [0, 0.1) is 10.1 Å². The lowest BCUT2D eigenvalue weighted by atomic mass is 10.2. The predicted molar refractivity (Wildman–Crippen MR) is 66.1 cm³/mol. The minimum absolute atomic E-state index is 0.0218. The molecule has 6 nitrogen and oxygen atoms in total. The number of carboxylic acid groups (broad SMARTS) is 1. The predicted octanol–water partition coefficient (Wildman–Crippen LogP) is 2.30. The molecule has 1 fully saturated rings. The second-order valence-corrected chi connectivity index (χ2v) is 4.49. The molecule has 96 valence electrons. The number of hydrogen-bond donors (Lipinski definition) is 1. The molecule has 7 heteroatoms. The maximum atomic E-state index is 11.1. The van der Waals surface area contributed by atoms with Gasteiger partial charge in [0.2, 0.25) is 0 Å². The SMILES string of the molecule is O=C(O)C1CCCN1c1ccc([N+](=O)[O-])c(Cl)c1. The highest BCUT2D eigenvalue weighted by Crippen LogP contribution is 2.32. The third kappa shape index (κ3) is 2.24. The molecule has 0 radical (unpaired) electrons. The summed E-state index contributed by atoms with van der Waals surface area (Å²) in [6, 6.07) is 3.70. The van der Waals surface area contributed by atoms with E-state index in [1.807, 2.05) is 0 Å². The first-order valence-electron chi connectivity index (χ1n) is 5.44. The number of carbonyl (C=O) groups is 1. The van der Waals surface area contributed by atoms with E-state index in [9.17, 15) is 14.9 Å². The molecule has 2 rings (SSSR count). The average molecular weight is 271 g/mol. The summed E-state index contributed by atoms with van der Waals surface area (Å²) < 4.78 is 0. The normalized spacial score (nSPS) is 18.9. The fourth-order valence-electron chi connectivity index (χ4n) is 2.16. The van der Waals surface area contributed by atoms with Crippen molar-refractivity contribution in [3.63, 3.8) is 0 Å². The topological polar surface area (TPSA) is 83.7 Å². The number of rotatable bonds is 3. The van der Waals surface area contributed by atoms with Crippen LogP contribution in [-0.4, -0.2) is 28.6 Å². The van der Waals surface area contributed by atoms with E-state index in [1.54, 1.807) is 4.90 Å². The molecule has 1 unspecified atom stereocenters. The van der Waals surface area contributed by atoms with Crippen LogP contribution in [0.3, 0.4) is 0 Å². The van der Waals surface area contributed by atoms with Crippen LogP contribution in [0.25, 0.3) is 0 Å². The van der Waals surface area contributed by atoms with Crippen LogP contribution in [-0.2, 0) is 4.79 Å². The number of nitro groups is 1. The Morgan fingerprint density at radius 2 is 2.28 bits per heavy atom. The number of nitro benzene ring substituents is 1. The standard InChI is InChI=1S/C11H11ClN2O4/c12-8-6-7(3-4-9(8)14(17)18)13-5-1-2-10(13)11(15)16/h3-4,6,10H,1-2,5H2,(H,15,16). The summed E-state index contributed by atoms with van der Waals surface area (Å²) in [6.45, 7) is 0.616. The highest BCUT2D eigenvalue weighted by atomic mass is 35.5. The Bertz CT molecular complexity index is 506. The summed E-state index contributed by atoms with van der Waals surface area (Å²) in [6.07, 6.45) is 1.36. The molecule has 1 heterocycles. The van der Waals surface area contributed by atoms with Gasteiger partial charge >= 0.3 is 5.97 Å². The summed E-state index contributed by atoms with van der Waals surface area (Å²) in [5.41, 5.74) is 0.432. The molecule has 0 amide bonds. The summed E-state index contributed by atoms with van der Waals surface area (Å²) in [5.74, 6) is -0.887. The molecule has 1 saturated heterocycles. The van der Waals surface area contributed by atoms with E-state index >= 15 is 0 Å². The Labute approximate surface area is 108 Å². The van der Waals surface area contributed by atoms with E-state index in [-0.39, 0.29) is 10.7 Å². The number of hydrogen-bond acceptors (Lipinski definition) is 4. The van der Waals surface area contributed by atoms with Crippen molar-refractivity contribution in [3.05, 3.63) is 33.3 Å². The molecule has 0 bridgehead atoms. The van der Waals surface area contributed by atoms with Crippen LogP contribution in [0.2, 0.25) is 5.02 Å². The molecule has 0 aromatic heterocycles. The van der Waals surface area contributed by atoms with Gasteiger partial charge in [-0.1, -0.05) is 11.6 Å².